The Morgan fingerprint density at radius 2 is 1.79 bits per heavy atom. The van der Waals surface area contributed by atoms with Crippen molar-refractivity contribution in [2.45, 2.75) is 42.2 Å². The summed E-state index contributed by atoms with van der Waals surface area (Å²) in [6, 6.07) is 5.95. The minimum Gasteiger partial charge on any atom is -0.218 e. The molecule has 1 atom stereocenters. The molecule has 1 aromatic rings. The van der Waals surface area contributed by atoms with Crippen LogP contribution in [0.1, 0.15) is 25.8 Å². The molecule has 0 aromatic heterocycles. The van der Waals surface area contributed by atoms with E-state index in [2.05, 4.69) is 29.8 Å². The Bertz CT molecular complexity index is 515. The highest BCUT2D eigenvalue weighted by atomic mass is 79.9. The molecule has 0 spiro atoms. The molecular weight excluding hydrogens is 338 g/mol. The fraction of sp³-hybridized carbons (Fsp3) is 0.538. The molecule has 2 nitrogen and oxygen atoms in total. The van der Waals surface area contributed by atoms with Crippen LogP contribution in [-0.4, -0.2) is 19.0 Å². The van der Waals surface area contributed by atoms with E-state index >= 15 is 0 Å². The Morgan fingerprint density at radius 1 is 1.21 bits per heavy atom. The van der Waals surface area contributed by atoms with Crippen LogP contribution in [0, 0.1) is 5.92 Å². The van der Waals surface area contributed by atoms with Gasteiger partial charge in [-0.25, -0.2) is 8.42 Å². The van der Waals surface area contributed by atoms with Crippen LogP contribution in [0.2, 0.25) is 0 Å². The van der Waals surface area contributed by atoms with Crippen molar-refractivity contribution in [2.75, 3.05) is 0 Å². The second kappa shape index (κ2) is 6.79. The lowest BCUT2D eigenvalue weighted by molar-refractivity contribution is 0.234. The van der Waals surface area contributed by atoms with Crippen LogP contribution >= 0.6 is 15.9 Å². The lowest BCUT2D eigenvalue weighted by Crippen LogP contribution is -2.16. The van der Waals surface area contributed by atoms with Gasteiger partial charge < -0.3 is 0 Å². The average molecular weight is 355 g/mol. The molecule has 1 rings (SSSR count). The van der Waals surface area contributed by atoms with Crippen LogP contribution in [-0.2, 0) is 16.3 Å². The van der Waals surface area contributed by atoms with Crippen LogP contribution in [0.4, 0.5) is 8.78 Å². The van der Waals surface area contributed by atoms with Crippen molar-refractivity contribution in [2.24, 2.45) is 5.92 Å². The number of rotatable bonds is 6. The van der Waals surface area contributed by atoms with Crippen molar-refractivity contribution in [3.05, 3.63) is 29.8 Å². The van der Waals surface area contributed by atoms with Gasteiger partial charge in [0, 0.05) is 4.83 Å². The molecule has 0 heterocycles. The summed E-state index contributed by atoms with van der Waals surface area (Å²) in [5.74, 6) is -2.93. The Hall–Kier alpha value is -0.490. The lowest BCUT2D eigenvalue weighted by Gasteiger charge is -2.15. The number of halogens is 3. The van der Waals surface area contributed by atoms with E-state index in [1.54, 1.807) is 12.1 Å². The van der Waals surface area contributed by atoms with Gasteiger partial charge in [0.05, 0.1) is 4.90 Å². The van der Waals surface area contributed by atoms with Crippen LogP contribution < -0.4 is 0 Å². The second-order valence-corrected chi connectivity index (χ2v) is 8.03. The molecule has 0 bridgehead atoms. The van der Waals surface area contributed by atoms with E-state index in [4.69, 9.17) is 0 Å². The zero-order valence-electron chi connectivity index (χ0n) is 10.8. The SMILES string of the molecule is CC(C)CC(Br)Cc1ccccc1S(=O)(=O)C(F)F. The van der Waals surface area contributed by atoms with E-state index in [0.717, 1.165) is 6.42 Å². The Balaban J connectivity index is 3.04. The van der Waals surface area contributed by atoms with Gasteiger partial charge in [0.15, 0.2) is 0 Å². The summed E-state index contributed by atoms with van der Waals surface area (Å²) >= 11 is 3.47. The van der Waals surface area contributed by atoms with E-state index in [-0.39, 0.29) is 9.72 Å². The first kappa shape index (κ1) is 16.6. The highest BCUT2D eigenvalue weighted by Gasteiger charge is 2.29. The van der Waals surface area contributed by atoms with Gasteiger partial charge in [0.2, 0.25) is 9.84 Å². The molecule has 108 valence electrons. The molecule has 0 fully saturated rings. The number of benzene rings is 1. The largest absolute Gasteiger partial charge is 0.341 e. The Kier molecular flexibility index (Phi) is 5.92. The monoisotopic (exact) mass is 354 g/mol. The smallest absolute Gasteiger partial charge is 0.218 e. The molecule has 6 heteroatoms. The van der Waals surface area contributed by atoms with Gasteiger partial charge in [0.1, 0.15) is 0 Å². The van der Waals surface area contributed by atoms with Crippen molar-refractivity contribution in [1.82, 2.24) is 0 Å². The second-order valence-electron chi connectivity index (χ2n) is 4.84. The van der Waals surface area contributed by atoms with Crippen LogP contribution in [0.3, 0.4) is 0 Å². The van der Waals surface area contributed by atoms with Gasteiger partial charge in [-0.1, -0.05) is 48.0 Å². The Morgan fingerprint density at radius 3 is 2.32 bits per heavy atom. The molecule has 0 aliphatic heterocycles. The van der Waals surface area contributed by atoms with E-state index < -0.39 is 15.6 Å². The summed E-state index contributed by atoms with van der Waals surface area (Å²) in [4.78, 5) is -0.195. The molecule has 0 aliphatic carbocycles. The molecule has 0 amide bonds. The standard InChI is InChI=1S/C13H17BrF2O2S/c1-9(2)7-11(14)8-10-5-3-4-6-12(10)19(17,18)13(15)16/h3-6,9,11,13H,7-8H2,1-2H3. The molecule has 19 heavy (non-hydrogen) atoms. The van der Waals surface area contributed by atoms with Gasteiger partial charge in [-0.3, -0.25) is 0 Å². The van der Waals surface area contributed by atoms with E-state index in [1.165, 1.54) is 12.1 Å². The van der Waals surface area contributed by atoms with Crippen LogP contribution in [0.15, 0.2) is 29.2 Å². The first-order chi connectivity index (χ1) is 8.75. The maximum atomic E-state index is 12.6. The summed E-state index contributed by atoms with van der Waals surface area (Å²) < 4.78 is 48.4. The first-order valence-corrected chi connectivity index (χ1v) is 8.45. The zero-order valence-corrected chi connectivity index (χ0v) is 13.2. The fourth-order valence-electron chi connectivity index (χ4n) is 1.88. The average Bonchev–Trinajstić information content (AvgIpc) is 2.27. The van der Waals surface area contributed by atoms with Crippen molar-refractivity contribution >= 4 is 25.8 Å². The molecule has 0 saturated heterocycles. The maximum Gasteiger partial charge on any atom is 0.341 e. The summed E-state index contributed by atoms with van der Waals surface area (Å²) in [6.07, 6.45) is 1.27. The zero-order chi connectivity index (χ0) is 14.6. The molecule has 1 aromatic carbocycles. The highest BCUT2D eigenvalue weighted by Crippen LogP contribution is 2.26. The van der Waals surface area contributed by atoms with Crippen molar-refractivity contribution in [1.29, 1.82) is 0 Å². The predicted molar refractivity (Wildman–Crippen MR) is 75.5 cm³/mol. The van der Waals surface area contributed by atoms with Crippen molar-refractivity contribution < 1.29 is 17.2 Å². The number of hydrogen-bond donors (Lipinski definition) is 0. The van der Waals surface area contributed by atoms with E-state index in [0.29, 0.717) is 17.9 Å². The van der Waals surface area contributed by atoms with Crippen molar-refractivity contribution in [3.8, 4) is 0 Å². The van der Waals surface area contributed by atoms with Gasteiger partial charge in [-0.05, 0) is 30.4 Å². The minimum atomic E-state index is -4.54. The topological polar surface area (TPSA) is 34.1 Å². The predicted octanol–water partition coefficient (Wildman–Crippen LogP) is 4.04. The van der Waals surface area contributed by atoms with Crippen LogP contribution in [0.25, 0.3) is 0 Å². The van der Waals surface area contributed by atoms with Gasteiger partial charge >= 0.3 is 5.76 Å². The van der Waals surface area contributed by atoms with Crippen molar-refractivity contribution in [3.63, 3.8) is 0 Å². The van der Waals surface area contributed by atoms with Gasteiger partial charge in [0.25, 0.3) is 0 Å². The summed E-state index contributed by atoms with van der Waals surface area (Å²) in [6.45, 7) is 4.10. The van der Waals surface area contributed by atoms with Crippen LogP contribution in [0.5, 0.6) is 0 Å². The molecular formula is C13H17BrF2O2S. The Labute approximate surface area is 121 Å². The third-order valence-electron chi connectivity index (χ3n) is 2.68. The first-order valence-electron chi connectivity index (χ1n) is 5.99. The summed E-state index contributed by atoms with van der Waals surface area (Å²) in [5.41, 5.74) is 0.435. The number of hydrogen-bond acceptors (Lipinski definition) is 2. The minimum absolute atomic E-state index is 0.0709. The summed E-state index contributed by atoms with van der Waals surface area (Å²) in [5, 5.41) is 0. The lowest BCUT2D eigenvalue weighted by atomic mass is 10.0. The third-order valence-corrected chi connectivity index (χ3v) is 4.86. The molecule has 0 N–H and O–H groups in total. The normalized spacial score (nSPS) is 14.1. The highest BCUT2D eigenvalue weighted by molar-refractivity contribution is 9.09. The molecule has 0 saturated carbocycles. The third kappa shape index (κ3) is 4.53. The number of alkyl halides is 3. The van der Waals surface area contributed by atoms with E-state index in [9.17, 15) is 17.2 Å². The van der Waals surface area contributed by atoms with Gasteiger partial charge in [-0.15, -0.1) is 0 Å². The quantitative estimate of drug-likeness (QED) is 0.722. The number of sulfone groups is 1. The fourth-order valence-corrected chi connectivity index (χ4v) is 3.95. The molecule has 0 aliphatic rings. The summed E-state index contributed by atoms with van der Waals surface area (Å²) in [7, 11) is -4.54. The molecule has 1 unspecified atom stereocenters. The van der Waals surface area contributed by atoms with Gasteiger partial charge in [-0.2, -0.15) is 8.78 Å². The van der Waals surface area contributed by atoms with E-state index in [1.807, 2.05) is 0 Å². The maximum absolute atomic E-state index is 12.6. The molecule has 0 radical (unpaired) electrons.